The van der Waals surface area contributed by atoms with Crippen LogP contribution in [0.15, 0.2) is 191 Å². The van der Waals surface area contributed by atoms with Crippen LogP contribution < -0.4 is 9.80 Å². The fourth-order valence-corrected chi connectivity index (χ4v) is 14.7. The van der Waals surface area contributed by atoms with E-state index in [1.54, 1.807) is 0 Å². The van der Waals surface area contributed by atoms with Crippen molar-refractivity contribution < 1.29 is 8.83 Å². The van der Waals surface area contributed by atoms with Gasteiger partial charge in [-0.1, -0.05) is 152 Å². The molecule has 2 aliphatic carbocycles. The maximum atomic E-state index is 7.39. The van der Waals surface area contributed by atoms with Crippen LogP contribution in [0.3, 0.4) is 0 Å². The molecule has 0 radical (unpaired) electrons. The summed E-state index contributed by atoms with van der Waals surface area (Å²) in [5.74, 6) is 0. The lowest BCUT2D eigenvalue weighted by Crippen LogP contribution is -2.31. The third-order valence-corrected chi connectivity index (χ3v) is 18.4. The van der Waals surface area contributed by atoms with Crippen molar-refractivity contribution in [2.24, 2.45) is 0 Å². The van der Waals surface area contributed by atoms with Gasteiger partial charge in [-0.05, 0) is 141 Å². The second-order valence-electron chi connectivity index (χ2n) is 23.6. The molecule has 4 heteroatoms. The summed E-state index contributed by atoms with van der Waals surface area (Å²) in [6, 6.07) is 68.1. The van der Waals surface area contributed by atoms with Gasteiger partial charge in [0.25, 0.3) is 0 Å². The van der Waals surface area contributed by atoms with E-state index in [4.69, 9.17) is 8.83 Å². The molecule has 2 aromatic heterocycles. The second-order valence-corrected chi connectivity index (χ2v) is 23.6. The summed E-state index contributed by atoms with van der Waals surface area (Å²) in [7, 11) is 0. The van der Waals surface area contributed by atoms with E-state index in [-0.39, 0.29) is 21.7 Å². The Labute approximate surface area is 431 Å². The van der Waals surface area contributed by atoms with Crippen LogP contribution in [0.4, 0.5) is 34.1 Å². The standard InChI is InChI=1S/C70H54N2O2/c1-67(2)51-19-11-9-17-41(51)43-27-25-39(37-55(43)67)71-57-23-15-13-21-53(57)69(5,6)61-59(71)35-33-49-47-31-29-46-45(63(47)73-65(49)61)30-32-48-50-34-36-60-62(66(50)74-64(46)48)70(7,8)54-22-14-16-24-58(54)72(60)40-26-28-44-42-18-10-12-20-52(42)68(3,4)56(44)38-40/h9-38H,1-8H3. The highest BCUT2D eigenvalue weighted by Crippen LogP contribution is 2.60. The Hall–Kier alpha value is -8.34. The lowest BCUT2D eigenvalue weighted by Gasteiger charge is -2.42. The molecule has 0 atom stereocenters. The zero-order valence-corrected chi connectivity index (χ0v) is 43.0. The summed E-state index contributed by atoms with van der Waals surface area (Å²) >= 11 is 0. The van der Waals surface area contributed by atoms with Gasteiger partial charge in [0, 0.05) is 76.5 Å². The predicted molar refractivity (Wildman–Crippen MR) is 307 cm³/mol. The zero-order chi connectivity index (χ0) is 49.9. The van der Waals surface area contributed by atoms with E-state index in [1.807, 2.05) is 0 Å². The van der Waals surface area contributed by atoms with Gasteiger partial charge in [0.2, 0.25) is 0 Å². The van der Waals surface area contributed by atoms with Gasteiger partial charge in [0.15, 0.2) is 0 Å². The Morgan fingerprint density at radius 2 is 0.595 bits per heavy atom. The summed E-state index contributed by atoms with van der Waals surface area (Å²) in [6.45, 7) is 18.9. The Bertz CT molecular complexity index is 4230. The molecule has 2 aliphatic heterocycles. The molecule has 0 bridgehead atoms. The number of benzene rings is 10. The average molecular weight is 955 g/mol. The van der Waals surface area contributed by atoms with Crippen molar-refractivity contribution in [2.45, 2.75) is 77.0 Å². The molecule has 0 N–H and O–H groups in total. The first-order valence-corrected chi connectivity index (χ1v) is 26.3. The molecule has 356 valence electrons. The number of fused-ring (bicyclic) bond motifs is 21. The molecule has 0 unspecified atom stereocenters. The van der Waals surface area contributed by atoms with Crippen molar-refractivity contribution in [1.82, 2.24) is 0 Å². The molecular formula is C70H54N2O2. The van der Waals surface area contributed by atoms with E-state index in [2.05, 4.69) is 247 Å². The number of hydrogen-bond donors (Lipinski definition) is 0. The van der Waals surface area contributed by atoms with Crippen molar-refractivity contribution in [3.8, 4) is 22.3 Å². The smallest absolute Gasteiger partial charge is 0.143 e. The van der Waals surface area contributed by atoms with Crippen LogP contribution in [0.25, 0.3) is 76.9 Å². The maximum absolute atomic E-state index is 7.39. The summed E-state index contributed by atoms with van der Waals surface area (Å²) in [5, 5.41) is 6.55. The van der Waals surface area contributed by atoms with Crippen LogP contribution in [0, 0.1) is 0 Å². The fourth-order valence-electron chi connectivity index (χ4n) is 14.7. The Kier molecular flexibility index (Phi) is 7.88. The highest BCUT2D eigenvalue weighted by molar-refractivity contribution is 6.24. The van der Waals surface area contributed by atoms with Gasteiger partial charge in [-0.25, -0.2) is 0 Å². The zero-order valence-electron chi connectivity index (χ0n) is 43.0. The van der Waals surface area contributed by atoms with Crippen LogP contribution in [0.2, 0.25) is 0 Å². The van der Waals surface area contributed by atoms with Crippen LogP contribution in [-0.4, -0.2) is 0 Å². The molecule has 10 aromatic carbocycles. The lowest BCUT2D eigenvalue weighted by molar-refractivity contribution is 0.602. The number of hydrogen-bond acceptors (Lipinski definition) is 4. The molecule has 16 rings (SSSR count). The Balaban J connectivity index is 0.879. The van der Waals surface area contributed by atoms with Crippen molar-refractivity contribution in [3.05, 3.63) is 226 Å². The van der Waals surface area contributed by atoms with Crippen molar-refractivity contribution >= 4 is 88.8 Å². The predicted octanol–water partition coefficient (Wildman–Crippen LogP) is 19.5. The van der Waals surface area contributed by atoms with Crippen LogP contribution >= 0.6 is 0 Å². The molecule has 0 fully saturated rings. The Morgan fingerprint density at radius 3 is 1.00 bits per heavy atom. The molecule has 74 heavy (non-hydrogen) atoms. The minimum atomic E-state index is -0.358. The Morgan fingerprint density at radius 1 is 0.270 bits per heavy atom. The molecule has 4 aliphatic rings. The van der Waals surface area contributed by atoms with Crippen LogP contribution in [0.5, 0.6) is 0 Å². The topological polar surface area (TPSA) is 32.8 Å². The average Bonchev–Trinajstić information content (AvgIpc) is 4.13. The number of rotatable bonds is 2. The minimum absolute atomic E-state index is 0.121. The van der Waals surface area contributed by atoms with Gasteiger partial charge < -0.3 is 18.6 Å². The molecular weight excluding hydrogens is 901 g/mol. The van der Waals surface area contributed by atoms with E-state index in [1.165, 1.54) is 78.1 Å². The molecule has 0 saturated heterocycles. The summed E-state index contributed by atoms with van der Waals surface area (Å²) < 4.78 is 14.8. The fraction of sp³-hybridized carbons (Fsp3) is 0.171. The second kappa shape index (κ2) is 13.8. The first-order chi connectivity index (χ1) is 35.7. The first-order valence-electron chi connectivity index (χ1n) is 26.3. The molecule has 0 amide bonds. The SMILES string of the molecule is CC1(C)c2ccccc2-c2ccc(N3c4ccccc4C(C)(C)c4c3ccc3c4oc4c3ccc3c4ccc4c5ccc6c(c5oc43)C(C)(C)c3ccccc3N6c3ccc4c(c3)C(C)(C)c3ccccc3-4)cc21. The van der Waals surface area contributed by atoms with E-state index >= 15 is 0 Å². The normalized spacial score (nSPS) is 16.8. The summed E-state index contributed by atoms with van der Waals surface area (Å²) in [6.07, 6.45) is 0. The van der Waals surface area contributed by atoms with Gasteiger partial charge in [0.1, 0.15) is 22.3 Å². The minimum Gasteiger partial charge on any atom is -0.455 e. The molecule has 0 spiro atoms. The van der Waals surface area contributed by atoms with Gasteiger partial charge in [-0.3, -0.25) is 0 Å². The van der Waals surface area contributed by atoms with E-state index in [0.29, 0.717) is 0 Å². The highest BCUT2D eigenvalue weighted by Gasteiger charge is 2.44. The van der Waals surface area contributed by atoms with Crippen molar-refractivity contribution in [2.75, 3.05) is 9.80 Å². The lowest BCUT2D eigenvalue weighted by atomic mass is 9.73. The van der Waals surface area contributed by atoms with Crippen molar-refractivity contribution in [3.63, 3.8) is 0 Å². The summed E-state index contributed by atoms with van der Waals surface area (Å²) in [4.78, 5) is 4.95. The van der Waals surface area contributed by atoms with Crippen LogP contribution in [-0.2, 0) is 21.7 Å². The van der Waals surface area contributed by atoms with E-state index < -0.39 is 0 Å². The quantitative estimate of drug-likeness (QED) is 0.173. The number of para-hydroxylation sites is 2. The third kappa shape index (κ3) is 5.09. The maximum Gasteiger partial charge on any atom is 0.143 e. The number of anilines is 6. The van der Waals surface area contributed by atoms with E-state index in [9.17, 15) is 0 Å². The number of furan rings is 2. The molecule has 4 heterocycles. The largest absolute Gasteiger partial charge is 0.455 e. The highest BCUT2D eigenvalue weighted by atomic mass is 16.3. The first kappa shape index (κ1) is 42.2. The van der Waals surface area contributed by atoms with E-state index in [0.717, 1.165) is 77.4 Å². The van der Waals surface area contributed by atoms with Gasteiger partial charge >= 0.3 is 0 Å². The number of nitrogens with zero attached hydrogens (tertiary/aromatic N) is 2. The molecule has 4 nitrogen and oxygen atoms in total. The van der Waals surface area contributed by atoms with Gasteiger partial charge in [-0.15, -0.1) is 0 Å². The molecule has 0 saturated carbocycles. The molecule has 12 aromatic rings. The summed E-state index contributed by atoms with van der Waals surface area (Å²) in [5.41, 5.74) is 25.4. The van der Waals surface area contributed by atoms with Crippen LogP contribution in [0.1, 0.15) is 99.9 Å². The monoisotopic (exact) mass is 954 g/mol. The van der Waals surface area contributed by atoms with Gasteiger partial charge in [-0.2, -0.15) is 0 Å². The van der Waals surface area contributed by atoms with Gasteiger partial charge in [0.05, 0.1) is 22.7 Å². The third-order valence-electron chi connectivity index (χ3n) is 18.4. The van der Waals surface area contributed by atoms with Crippen molar-refractivity contribution in [1.29, 1.82) is 0 Å².